The Morgan fingerprint density at radius 2 is 2.33 bits per heavy atom. The van der Waals surface area contributed by atoms with Gasteiger partial charge in [0.2, 0.25) is 0 Å². The normalized spacial score (nSPS) is 12.1. The molecule has 0 bridgehead atoms. The maximum absolute atomic E-state index is 5.71. The molecule has 0 spiro atoms. The lowest BCUT2D eigenvalue weighted by molar-refractivity contribution is 0.550. The number of hydrogen-bond acceptors (Lipinski definition) is 2. The fourth-order valence-electron chi connectivity index (χ4n) is 1.38. The Morgan fingerprint density at radius 3 is 2.93 bits per heavy atom. The molecule has 1 aromatic carbocycles. The molecule has 0 radical (unpaired) electrons. The third-order valence-electron chi connectivity index (χ3n) is 2.15. The fourth-order valence-corrected chi connectivity index (χ4v) is 1.80. The maximum Gasteiger partial charge on any atom is 0.0445 e. The largest absolute Gasteiger partial charge is 0.329 e. The number of halogens is 1. The highest BCUT2D eigenvalue weighted by atomic mass is 79.9. The van der Waals surface area contributed by atoms with E-state index >= 15 is 0 Å². The molecule has 0 aliphatic carbocycles. The maximum atomic E-state index is 5.71. The number of hydrogen-bond donors (Lipinski definition) is 2. The average Bonchev–Trinajstić information content (AvgIpc) is 2.24. The van der Waals surface area contributed by atoms with Crippen molar-refractivity contribution in [2.75, 3.05) is 13.1 Å². The molecule has 15 heavy (non-hydrogen) atoms. The van der Waals surface area contributed by atoms with Gasteiger partial charge in [-0.05, 0) is 17.7 Å². The SMILES string of the molecule is C#CCCNC(CN)c1cccc(Br)c1. The molecule has 2 nitrogen and oxygen atoms in total. The summed E-state index contributed by atoms with van der Waals surface area (Å²) in [6, 6.07) is 8.31. The topological polar surface area (TPSA) is 38.0 Å². The quantitative estimate of drug-likeness (QED) is 0.633. The van der Waals surface area contributed by atoms with Crippen LogP contribution in [0.25, 0.3) is 0 Å². The standard InChI is InChI=1S/C12H15BrN2/c1-2-3-7-15-12(9-14)10-5-4-6-11(13)8-10/h1,4-6,8,12,15H,3,7,9,14H2. The Hall–Kier alpha value is -0.820. The summed E-state index contributed by atoms with van der Waals surface area (Å²) in [5, 5.41) is 3.33. The summed E-state index contributed by atoms with van der Waals surface area (Å²) in [5.41, 5.74) is 6.89. The van der Waals surface area contributed by atoms with Crippen molar-refractivity contribution in [3.8, 4) is 12.3 Å². The molecule has 0 amide bonds. The van der Waals surface area contributed by atoms with Gasteiger partial charge in [-0.25, -0.2) is 0 Å². The third-order valence-corrected chi connectivity index (χ3v) is 2.64. The molecule has 3 heteroatoms. The van der Waals surface area contributed by atoms with Crippen molar-refractivity contribution in [1.29, 1.82) is 0 Å². The zero-order valence-electron chi connectivity index (χ0n) is 8.54. The number of nitrogens with one attached hydrogen (secondary N) is 1. The highest BCUT2D eigenvalue weighted by Gasteiger charge is 2.07. The van der Waals surface area contributed by atoms with Crippen molar-refractivity contribution in [3.05, 3.63) is 34.3 Å². The van der Waals surface area contributed by atoms with Crippen molar-refractivity contribution in [2.24, 2.45) is 5.73 Å². The predicted molar refractivity (Wildman–Crippen MR) is 67.4 cm³/mol. The molecule has 0 saturated carbocycles. The first-order valence-electron chi connectivity index (χ1n) is 4.90. The van der Waals surface area contributed by atoms with Gasteiger partial charge in [0.25, 0.3) is 0 Å². The number of benzene rings is 1. The summed E-state index contributed by atoms with van der Waals surface area (Å²) in [5.74, 6) is 2.60. The lowest BCUT2D eigenvalue weighted by Crippen LogP contribution is -2.28. The fraction of sp³-hybridized carbons (Fsp3) is 0.333. The van der Waals surface area contributed by atoms with Crippen molar-refractivity contribution >= 4 is 15.9 Å². The van der Waals surface area contributed by atoms with Crippen molar-refractivity contribution < 1.29 is 0 Å². The minimum absolute atomic E-state index is 0.177. The van der Waals surface area contributed by atoms with Crippen LogP contribution >= 0.6 is 15.9 Å². The monoisotopic (exact) mass is 266 g/mol. The predicted octanol–water partition coefficient (Wildman–Crippen LogP) is 2.06. The van der Waals surface area contributed by atoms with Crippen molar-refractivity contribution in [1.82, 2.24) is 5.32 Å². The van der Waals surface area contributed by atoms with Crippen LogP contribution in [0.4, 0.5) is 0 Å². The molecular formula is C12H15BrN2. The molecule has 0 aromatic heterocycles. The van der Waals surface area contributed by atoms with E-state index in [0.717, 1.165) is 17.4 Å². The molecule has 0 heterocycles. The molecule has 1 rings (SSSR count). The first-order chi connectivity index (χ1) is 7.27. The molecule has 1 unspecified atom stereocenters. The van der Waals surface area contributed by atoms with E-state index in [0.29, 0.717) is 6.54 Å². The van der Waals surface area contributed by atoms with Gasteiger partial charge in [-0.3, -0.25) is 0 Å². The van der Waals surface area contributed by atoms with Gasteiger partial charge in [0, 0.05) is 30.0 Å². The smallest absolute Gasteiger partial charge is 0.0445 e. The van der Waals surface area contributed by atoms with Crippen LogP contribution in [0.15, 0.2) is 28.7 Å². The van der Waals surface area contributed by atoms with Crippen LogP contribution in [-0.4, -0.2) is 13.1 Å². The molecule has 80 valence electrons. The Bertz CT molecular complexity index is 344. The van der Waals surface area contributed by atoms with E-state index in [2.05, 4.69) is 39.3 Å². The van der Waals surface area contributed by atoms with Gasteiger partial charge in [0.1, 0.15) is 0 Å². The summed E-state index contributed by atoms with van der Waals surface area (Å²) >= 11 is 3.44. The van der Waals surface area contributed by atoms with E-state index in [-0.39, 0.29) is 6.04 Å². The Kier molecular flexibility index (Phi) is 5.41. The van der Waals surface area contributed by atoms with Crippen LogP contribution in [0, 0.1) is 12.3 Å². The Morgan fingerprint density at radius 1 is 1.53 bits per heavy atom. The van der Waals surface area contributed by atoms with E-state index in [1.807, 2.05) is 12.1 Å². The van der Waals surface area contributed by atoms with Crippen LogP contribution in [-0.2, 0) is 0 Å². The second-order valence-electron chi connectivity index (χ2n) is 3.25. The van der Waals surface area contributed by atoms with Crippen LogP contribution in [0.2, 0.25) is 0 Å². The first kappa shape index (κ1) is 12.3. The highest BCUT2D eigenvalue weighted by Crippen LogP contribution is 2.17. The molecule has 0 aliphatic rings. The Labute approximate surface area is 99.4 Å². The third kappa shape index (κ3) is 4.05. The van der Waals surface area contributed by atoms with Crippen LogP contribution < -0.4 is 11.1 Å². The molecule has 0 aliphatic heterocycles. The summed E-state index contributed by atoms with van der Waals surface area (Å²) < 4.78 is 1.07. The van der Waals surface area contributed by atoms with E-state index in [1.54, 1.807) is 0 Å². The molecule has 3 N–H and O–H groups in total. The van der Waals surface area contributed by atoms with Crippen molar-refractivity contribution in [3.63, 3.8) is 0 Å². The minimum atomic E-state index is 0.177. The van der Waals surface area contributed by atoms with E-state index in [4.69, 9.17) is 12.2 Å². The summed E-state index contributed by atoms with van der Waals surface area (Å²) in [4.78, 5) is 0. The van der Waals surface area contributed by atoms with E-state index < -0.39 is 0 Å². The summed E-state index contributed by atoms with van der Waals surface area (Å²) in [6.07, 6.45) is 5.92. The van der Waals surface area contributed by atoms with Crippen molar-refractivity contribution in [2.45, 2.75) is 12.5 Å². The second kappa shape index (κ2) is 6.62. The highest BCUT2D eigenvalue weighted by molar-refractivity contribution is 9.10. The lowest BCUT2D eigenvalue weighted by Gasteiger charge is -2.16. The van der Waals surface area contributed by atoms with Gasteiger partial charge in [0.15, 0.2) is 0 Å². The van der Waals surface area contributed by atoms with E-state index in [1.165, 1.54) is 5.56 Å². The van der Waals surface area contributed by atoms with Gasteiger partial charge >= 0.3 is 0 Å². The zero-order valence-corrected chi connectivity index (χ0v) is 10.1. The van der Waals surface area contributed by atoms with Gasteiger partial charge in [0.05, 0.1) is 0 Å². The second-order valence-corrected chi connectivity index (χ2v) is 4.17. The minimum Gasteiger partial charge on any atom is -0.329 e. The summed E-state index contributed by atoms with van der Waals surface area (Å²) in [6.45, 7) is 1.37. The van der Waals surface area contributed by atoms with Crippen LogP contribution in [0.3, 0.4) is 0 Å². The molecule has 0 saturated heterocycles. The number of rotatable bonds is 5. The number of nitrogens with two attached hydrogens (primary N) is 1. The number of terminal acetylenes is 1. The molecule has 0 fully saturated rings. The molecule has 1 aromatic rings. The van der Waals surface area contributed by atoms with Gasteiger partial charge < -0.3 is 11.1 Å². The first-order valence-corrected chi connectivity index (χ1v) is 5.69. The van der Waals surface area contributed by atoms with Gasteiger partial charge in [-0.2, -0.15) is 0 Å². The van der Waals surface area contributed by atoms with Gasteiger partial charge in [-0.15, -0.1) is 12.3 Å². The molecular weight excluding hydrogens is 252 g/mol. The Balaban J connectivity index is 2.62. The van der Waals surface area contributed by atoms with Gasteiger partial charge in [-0.1, -0.05) is 28.1 Å². The average molecular weight is 267 g/mol. The summed E-state index contributed by atoms with van der Waals surface area (Å²) in [7, 11) is 0. The van der Waals surface area contributed by atoms with Crippen LogP contribution in [0.1, 0.15) is 18.0 Å². The molecule has 1 atom stereocenters. The van der Waals surface area contributed by atoms with Crippen LogP contribution in [0.5, 0.6) is 0 Å². The van der Waals surface area contributed by atoms with E-state index in [9.17, 15) is 0 Å². The lowest BCUT2D eigenvalue weighted by atomic mass is 10.1. The zero-order chi connectivity index (χ0) is 11.1.